The van der Waals surface area contributed by atoms with Crippen molar-refractivity contribution in [3.05, 3.63) is 48.0 Å². The van der Waals surface area contributed by atoms with Gasteiger partial charge in [-0.3, -0.25) is 4.79 Å². The van der Waals surface area contributed by atoms with E-state index in [9.17, 15) is 4.79 Å². The molecule has 0 radical (unpaired) electrons. The molecule has 0 saturated carbocycles. The highest BCUT2D eigenvalue weighted by molar-refractivity contribution is 8.00. The number of carbonyl (C=O) groups excluding carboxylic acids is 1. The van der Waals surface area contributed by atoms with Crippen molar-refractivity contribution < 1.29 is 14.3 Å². The summed E-state index contributed by atoms with van der Waals surface area (Å²) in [5, 5.41) is 11.8. The third kappa shape index (κ3) is 3.55. The predicted molar refractivity (Wildman–Crippen MR) is 108 cm³/mol. The van der Waals surface area contributed by atoms with Crippen molar-refractivity contribution in [3.8, 4) is 22.9 Å². The first-order valence-electron chi connectivity index (χ1n) is 8.85. The van der Waals surface area contributed by atoms with Crippen LogP contribution in [0.4, 0.5) is 5.69 Å². The van der Waals surface area contributed by atoms with Crippen molar-refractivity contribution >= 4 is 23.4 Å². The van der Waals surface area contributed by atoms with E-state index in [-0.39, 0.29) is 18.0 Å². The van der Waals surface area contributed by atoms with E-state index in [2.05, 4.69) is 15.5 Å². The molecule has 0 fully saturated rings. The van der Waals surface area contributed by atoms with Crippen LogP contribution in [0.3, 0.4) is 0 Å². The number of ether oxygens (including phenoxy) is 2. The fourth-order valence-electron chi connectivity index (χ4n) is 2.91. The number of anilines is 1. The van der Waals surface area contributed by atoms with E-state index in [0.717, 1.165) is 17.0 Å². The van der Waals surface area contributed by atoms with E-state index < -0.39 is 0 Å². The smallest absolute Gasteiger partial charge is 0.237 e. The Kier molecular flexibility index (Phi) is 4.95. The minimum absolute atomic E-state index is 0.121. The van der Waals surface area contributed by atoms with E-state index in [1.54, 1.807) is 18.2 Å². The van der Waals surface area contributed by atoms with E-state index >= 15 is 0 Å². The Morgan fingerprint density at radius 3 is 2.79 bits per heavy atom. The average Bonchev–Trinajstić information content (AvgIpc) is 3.29. The topological polar surface area (TPSA) is 78.3 Å². The monoisotopic (exact) mass is 396 g/mol. The molecular formula is C20H20N4O3S. The maximum atomic E-state index is 12.6. The van der Waals surface area contributed by atoms with E-state index in [1.807, 2.05) is 49.7 Å². The Bertz CT molecular complexity index is 1030. The fraction of sp³-hybridized carbons (Fsp3) is 0.250. The summed E-state index contributed by atoms with van der Waals surface area (Å²) in [4.78, 5) is 12.6. The molecule has 0 spiro atoms. The highest BCUT2D eigenvalue weighted by atomic mass is 32.2. The first-order valence-corrected chi connectivity index (χ1v) is 9.73. The molecule has 2 heterocycles. The van der Waals surface area contributed by atoms with Gasteiger partial charge in [0.2, 0.25) is 12.7 Å². The molecule has 28 heavy (non-hydrogen) atoms. The molecule has 1 aromatic heterocycles. The van der Waals surface area contributed by atoms with Crippen LogP contribution in [0.5, 0.6) is 11.5 Å². The number of nitrogens with zero attached hydrogens (tertiary/aromatic N) is 3. The number of aryl methyl sites for hydroxylation is 1. The molecule has 1 aliphatic heterocycles. The Balaban J connectivity index is 1.46. The predicted octanol–water partition coefficient (Wildman–Crippen LogP) is 3.64. The normalized spacial score (nSPS) is 13.4. The maximum Gasteiger partial charge on any atom is 0.237 e. The number of hydrogen-bond donors (Lipinski definition) is 1. The standard InChI is InChI=1S/C20H20N4O3S/c1-12-6-4-5-7-15(12)18-22-23-20(24(18)3)28-13(2)19(25)21-14-8-9-16-17(10-14)27-11-26-16/h4-10,13H,11H2,1-3H3,(H,21,25). The van der Waals surface area contributed by atoms with E-state index in [1.165, 1.54) is 11.8 Å². The first-order chi connectivity index (χ1) is 13.5. The molecule has 3 aromatic rings. The van der Waals surface area contributed by atoms with Crippen LogP contribution in [-0.4, -0.2) is 32.7 Å². The van der Waals surface area contributed by atoms with Crippen LogP contribution in [-0.2, 0) is 11.8 Å². The molecule has 0 saturated heterocycles. The Morgan fingerprint density at radius 1 is 1.18 bits per heavy atom. The molecule has 2 aromatic carbocycles. The van der Waals surface area contributed by atoms with Crippen molar-refractivity contribution in [2.24, 2.45) is 7.05 Å². The van der Waals surface area contributed by atoms with Crippen LogP contribution in [0.25, 0.3) is 11.4 Å². The second-order valence-electron chi connectivity index (χ2n) is 6.50. The van der Waals surface area contributed by atoms with Crippen LogP contribution in [0.1, 0.15) is 12.5 Å². The largest absolute Gasteiger partial charge is 0.454 e. The Morgan fingerprint density at radius 2 is 1.96 bits per heavy atom. The van der Waals surface area contributed by atoms with Crippen molar-refractivity contribution in [1.82, 2.24) is 14.8 Å². The van der Waals surface area contributed by atoms with Crippen molar-refractivity contribution in [2.75, 3.05) is 12.1 Å². The minimum Gasteiger partial charge on any atom is -0.454 e. The van der Waals surface area contributed by atoms with Gasteiger partial charge in [0.25, 0.3) is 0 Å². The quantitative estimate of drug-likeness (QED) is 0.664. The number of thioether (sulfide) groups is 1. The van der Waals surface area contributed by atoms with E-state index in [4.69, 9.17) is 9.47 Å². The van der Waals surface area contributed by atoms with Gasteiger partial charge in [-0.05, 0) is 31.5 Å². The summed E-state index contributed by atoms with van der Waals surface area (Å²) in [6.07, 6.45) is 0. The molecule has 7 nitrogen and oxygen atoms in total. The lowest BCUT2D eigenvalue weighted by Crippen LogP contribution is -2.22. The van der Waals surface area contributed by atoms with E-state index in [0.29, 0.717) is 22.3 Å². The zero-order valence-corrected chi connectivity index (χ0v) is 16.6. The first kappa shape index (κ1) is 18.4. The van der Waals surface area contributed by atoms with Gasteiger partial charge in [-0.15, -0.1) is 10.2 Å². The zero-order valence-electron chi connectivity index (χ0n) is 15.8. The number of rotatable bonds is 5. The number of fused-ring (bicyclic) bond motifs is 1. The van der Waals surface area contributed by atoms with Gasteiger partial charge < -0.3 is 19.4 Å². The zero-order chi connectivity index (χ0) is 19.7. The lowest BCUT2D eigenvalue weighted by atomic mass is 10.1. The molecule has 1 aliphatic rings. The lowest BCUT2D eigenvalue weighted by molar-refractivity contribution is -0.115. The third-order valence-electron chi connectivity index (χ3n) is 4.51. The van der Waals surface area contributed by atoms with Gasteiger partial charge >= 0.3 is 0 Å². The van der Waals surface area contributed by atoms with Gasteiger partial charge in [0.15, 0.2) is 22.5 Å². The molecule has 1 unspecified atom stereocenters. The van der Waals surface area contributed by atoms with Gasteiger partial charge in [-0.2, -0.15) is 0 Å². The Labute approximate surface area is 167 Å². The lowest BCUT2D eigenvalue weighted by Gasteiger charge is -2.12. The van der Waals surface area contributed by atoms with Crippen LogP contribution < -0.4 is 14.8 Å². The van der Waals surface area contributed by atoms with Gasteiger partial charge in [0, 0.05) is 24.4 Å². The second-order valence-corrected chi connectivity index (χ2v) is 7.81. The Hall–Kier alpha value is -3.00. The molecule has 1 amide bonds. The maximum absolute atomic E-state index is 12.6. The summed E-state index contributed by atoms with van der Waals surface area (Å²) in [5.74, 6) is 1.98. The number of nitrogens with one attached hydrogen (secondary N) is 1. The molecule has 4 rings (SSSR count). The van der Waals surface area contributed by atoms with Gasteiger partial charge in [0.05, 0.1) is 5.25 Å². The molecular weight excluding hydrogens is 376 g/mol. The number of carbonyl (C=O) groups is 1. The molecule has 0 aliphatic carbocycles. The molecule has 1 atom stereocenters. The summed E-state index contributed by atoms with van der Waals surface area (Å²) in [6.45, 7) is 4.09. The number of benzene rings is 2. The third-order valence-corrected chi connectivity index (χ3v) is 5.65. The highest BCUT2D eigenvalue weighted by Crippen LogP contribution is 2.34. The molecule has 144 valence electrons. The second kappa shape index (κ2) is 7.55. The molecule has 1 N–H and O–H groups in total. The minimum atomic E-state index is -0.349. The van der Waals surface area contributed by atoms with Gasteiger partial charge in [-0.25, -0.2) is 0 Å². The van der Waals surface area contributed by atoms with Crippen LogP contribution in [0, 0.1) is 6.92 Å². The highest BCUT2D eigenvalue weighted by Gasteiger charge is 2.21. The van der Waals surface area contributed by atoms with Crippen molar-refractivity contribution in [1.29, 1.82) is 0 Å². The average molecular weight is 396 g/mol. The summed E-state index contributed by atoms with van der Waals surface area (Å²) in [5.41, 5.74) is 2.82. The molecule has 8 heteroatoms. The number of aromatic nitrogens is 3. The molecule has 0 bridgehead atoms. The number of amides is 1. The summed E-state index contributed by atoms with van der Waals surface area (Å²) >= 11 is 1.37. The van der Waals surface area contributed by atoms with Crippen molar-refractivity contribution in [3.63, 3.8) is 0 Å². The van der Waals surface area contributed by atoms with Crippen LogP contribution in [0.2, 0.25) is 0 Å². The van der Waals surface area contributed by atoms with Crippen LogP contribution in [0.15, 0.2) is 47.6 Å². The van der Waals surface area contributed by atoms with Crippen molar-refractivity contribution in [2.45, 2.75) is 24.3 Å². The number of hydrogen-bond acceptors (Lipinski definition) is 6. The summed E-state index contributed by atoms with van der Waals surface area (Å²) < 4.78 is 12.5. The fourth-order valence-corrected chi connectivity index (χ4v) is 3.72. The van der Waals surface area contributed by atoms with Crippen LogP contribution >= 0.6 is 11.8 Å². The van der Waals surface area contributed by atoms with Gasteiger partial charge in [-0.1, -0.05) is 36.0 Å². The van der Waals surface area contributed by atoms with Gasteiger partial charge in [0.1, 0.15) is 0 Å². The SMILES string of the molecule is Cc1ccccc1-c1nnc(SC(C)C(=O)Nc2ccc3c(c2)OCO3)n1C. The summed E-state index contributed by atoms with van der Waals surface area (Å²) in [7, 11) is 1.91. The summed E-state index contributed by atoms with van der Waals surface area (Å²) in [6, 6.07) is 13.4.